The molecule has 1 atom stereocenters. The number of carbonyl (C=O) groups excluding carboxylic acids is 1. The predicted octanol–water partition coefficient (Wildman–Crippen LogP) is 4.34. The lowest BCUT2D eigenvalue weighted by molar-refractivity contribution is -0.148. The standard InChI is InChI=1S/C16H14F2N2O2S/c1-10(22-14(21)9-11-5-4-8-23-11)15-19-12-6-2-3-7-13(12)20(15)16(17)18/h2-8,10,16H,9H2,1H3. The van der Waals surface area contributed by atoms with Crippen LogP contribution in [0.3, 0.4) is 0 Å². The molecule has 3 aromatic rings. The molecule has 23 heavy (non-hydrogen) atoms. The predicted molar refractivity (Wildman–Crippen MR) is 83.5 cm³/mol. The maximum atomic E-state index is 13.4. The van der Waals surface area contributed by atoms with Gasteiger partial charge in [0.05, 0.1) is 17.5 Å². The molecule has 1 aromatic carbocycles. The van der Waals surface area contributed by atoms with Crippen LogP contribution in [0.4, 0.5) is 8.78 Å². The van der Waals surface area contributed by atoms with Gasteiger partial charge in [0.15, 0.2) is 11.9 Å². The number of aromatic nitrogens is 2. The van der Waals surface area contributed by atoms with Crippen molar-refractivity contribution >= 4 is 28.3 Å². The molecule has 0 radical (unpaired) electrons. The number of hydrogen-bond acceptors (Lipinski definition) is 4. The summed E-state index contributed by atoms with van der Waals surface area (Å²) < 4.78 is 32.8. The first-order valence-electron chi connectivity index (χ1n) is 7.03. The van der Waals surface area contributed by atoms with E-state index in [9.17, 15) is 13.6 Å². The van der Waals surface area contributed by atoms with Gasteiger partial charge in [0, 0.05) is 4.88 Å². The van der Waals surface area contributed by atoms with E-state index in [1.54, 1.807) is 31.2 Å². The first kappa shape index (κ1) is 15.6. The van der Waals surface area contributed by atoms with E-state index in [4.69, 9.17) is 4.74 Å². The normalized spacial score (nSPS) is 12.7. The number of nitrogens with zero attached hydrogens (tertiary/aromatic N) is 2. The van der Waals surface area contributed by atoms with Gasteiger partial charge >= 0.3 is 12.5 Å². The third kappa shape index (κ3) is 3.24. The Bertz CT molecular complexity index is 815. The van der Waals surface area contributed by atoms with Crippen molar-refractivity contribution in [1.29, 1.82) is 0 Å². The van der Waals surface area contributed by atoms with Crippen LogP contribution in [0.2, 0.25) is 0 Å². The molecule has 0 aliphatic heterocycles. The smallest absolute Gasteiger partial charge is 0.320 e. The van der Waals surface area contributed by atoms with Crippen molar-refractivity contribution in [2.75, 3.05) is 0 Å². The number of hydrogen-bond donors (Lipinski definition) is 0. The third-order valence-electron chi connectivity index (χ3n) is 3.39. The van der Waals surface area contributed by atoms with Crippen LogP contribution in [0.1, 0.15) is 30.3 Å². The average Bonchev–Trinajstić information content (AvgIpc) is 3.13. The van der Waals surface area contributed by atoms with Crippen molar-refractivity contribution in [3.05, 3.63) is 52.5 Å². The lowest BCUT2D eigenvalue weighted by Gasteiger charge is -2.15. The zero-order valence-electron chi connectivity index (χ0n) is 12.3. The monoisotopic (exact) mass is 336 g/mol. The second-order valence-electron chi connectivity index (χ2n) is 4.99. The summed E-state index contributed by atoms with van der Waals surface area (Å²) in [5.41, 5.74) is 0.766. The molecule has 7 heteroatoms. The Morgan fingerprint density at radius 3 is 2.78 bits per heavy atom. The van der Waals surface area contributed by atoms with Crippen molar-refractivity contribution in [3.8, 4) is 0 Å². The highest BCUT2D eigenvalue weighted by molar-refractivity contribution is 7.10. The van der Waals surface area contributed by atoms with E-state index in [0.717, 1.165) is 9.44 Å². The zero-order chi connectivity index (χ0) is 16.4. The number of halogens is 2. The fourth-order valence-electron chi connectivity index (χ4n) is 2.40. The summed E-state index contributed by atoms with van der Waals surface area (Å²) in [4.78, 5) is 17.0. The second-order valence-corrected chi connectivity index (χ2v) is 6.03. The zero-order valence-corrected chi connectivity index (χ0v) is 13.1. The SMILES string of the molecule is CC(OC(=O)Cc1cccs1)c1nc2ccccc2n1C(F)F. The van der Waals surface area contributed by atoms with Crippen molar-refractivity contribution in [1.82, 2.24) is 9.55 Å². The molecule has 0 saturated heterocycles. The van der Waals surface area contributed by atoms with Gasteiger partial charge in [-0.15, -0.1) is 11.3 Å². The van der Waals surface area contributed by atoms with E-state index < -0.39 is 18.6 Å². The van der Waals surface area contributed by atoms with E-state index >= 15 is 0 Å². The number of esters is 1. The van der Waals surface area contributed by atoms with Crippen LogP contribution < -0.4 is 0 Å². The topological polar surface area (TPSA) is 44.1 Å². The Morgan fingerprint density at radius 1 is 1.30 bits per heavy atom. The van der Waals surface area contributed by atoms with Gasteiger partial charge in [0.1, 0.15) is 0 Å². The number of thiophene rings is 1. The van der Waals surface area contributed by atoms with Crippen LogP contribution in [0.15, 0.2) is 41.8 Å². The fraction of sp³-hybridized carbons (Fsp3) is 0.250. The summed E-state index contributed by atoms with van der Waals surface area (Å²) in [7, 11) is 0. The van der Waals surface area contributed by atoms with Gasteiger partial charge in [-0.25, -0.2) is 4.98 Å². The molecule has 0 aliphatic rings. The van der Waals surface area contributed by atoms with E-state index in [0.29, 0.717) is 11.0 Å². The van der Waals surface area contributed by atoms with E-state index in [2.05, 4.69) is 4.98 Å². The van der Waals surface area contributed by atoms with E-state index in [-0.39, 0.29) is 12.2 Å². The summed E-state index contributed by atoms with van der Waals surface area (Å²) in [6.45, 7) is -1.21. The molecule has 0 bridgehead atoms. The summed E-state index contributed by atoms with van der Waals surface area (Å²) in [5, 5.41) is 1.86. The Hall–Kier alpha value is -2.28. The largest absolute Gasteiger partial charge is 0.454 e. The van der Waals surface area contributed by atoms with Crippen LogP contribution in [0.5, 0.6) is 0 Å². The van der Waals surface area contributed by atoms with Gasteiger partial charge < -0.3 is 4.74 Å². The van der Waals surface area contributed by atoms with Crippen molar-refractivity contribution in [3.63, 3.8) is 0 Å². The lowest BCUT2D eigenvalue weighted by Crippen LogP contribution is -2.15. The summed E-state index contributed by atoms with van der Waals surface area (Å²) in [6.07, 6.45) is -0.736. The number of imidazole rings is 1. The Kier molecular flexibility index (Phi) is 4.38. The molecule has 0 spiro atoms. The molecule has 4 nitrogen and oxygen atoms in total. The number of benzene rings is 1. The number of fused-ring (bicyclic) bond motifs is 1. The lowest BCUT2D eigenvalue weighted by atomic mass is 10.3. The number of rotatable bonds is 5. The summed E-state index contributed by atoms with van der Waals surface area (Å²) in [5.74, 6) is -0.423. The molecule has 2 heterocycles. The summed E-state index contributed by atoms with van der Waals surface area (Å²) in [6, 6.07) is 10.3. The van der Waals surface area contributed by atoms with E-state index in [1.807, 2.05) is 17.5 Å². The molecule has 0 fully saturated rings. The van der Waals surface area contributed by atoms with Gasteiger partial charge in [0.25, 0.3) is 0 Å². The quantitative estimate of drug-likeness (QED) is 0.651. The van der Waals surface area contributed by atoms with Crippen molar-refractivity contribution in [2.24, 2.45) is 0 Å². The Labute approximate surface area is 135 Å². The molecule has 0 amide bonds. The molecule has 3 rings (SSSR count). The third-order valence-corrected chi connectivity index (χ3v) is 4.27. The summed E-state index contributed by atoms with van der Waals surface area (Å²) >= 11 is 1.44. The van der Waals surface area contributed by atoms with Gasteiger partial charge in [-0.1, -0.05) is 18.2 Å². The van der Waals surface area contributed by atoms with Crippen LogP contribution in [-0.2, 0) is 16.0 Å². The van der Waals surface area contributed by atoms with Crippen LogP contribution in [-0.4, -0.2) is 15.5 Å². The Morgan fingerprint density at radius 2 is 2.09 bits per heavy atom. The first-order valence-corrected chi connectivity index (χ1v) is 7.91. The number of ether oxygens (including phenoxy) is 1. The first-order chi connectivity index (χ1) is 11.1. The highest BCUT2D eigenvalue weighted by Gasteiger charge is 2.24. The molecule has 2 aromatic heterocycles. The number of carbonyl (C=O) groups is 1. The highest BCUT2D eigenvalue weighted by atomic mass is 32.1. The van der Waals surface area contributed by atoms with Gasteiger partial charge in [-0.05, 0) is 30.5 Å². The molecule has 120 valence electrons. The fourth-order valence-corrected chi connectivity index (χ4v) is 3.09. The van der Waals surface area contributed by atoms with Crippen LogP contribution in [0.25, 0.3) is 11.0 Å². The minimum absolute atomic E-state index is 0.0423. The van der Waals surface area contributed by atoms with Gasteiger partial charge in [-0.3, -0.25) is 9.36 Å². The molecule has 0 aliphatic carbocycles. The number of para-hydroxylation sites is 2. The maximum absolute atomic E-state index is 13.4. The van der Waals surface area contributed by atoms with Crippen molar-refractivity contribution < 1.29 is 18.3 Å². The molecule has 0 N–H and O–H groups in total. The average molecular weight is 336 g/mol. The second kappa shape index (κ2) is 6.45. The molecular weight excluding hydrogens is 322 g/mol. The van der Waals surface area contributed by atoms with Gasteiger partial charge in [-0.2, -0.15) is 8.78 Å². The molecule has 1 unspecified atom stereocenters. The van der Waals surface area contributed by atoms with Crippen LogP contribution >= 0.6 is 11.3 Å². The maximum Gasteiger partial charge on any atom is 0.320 e. The van der Waals surface area contributed by atoms with Crippen molar-refractivity contribution in [2.45, 2.75) is 26.0 Å². The van der Waals surface area contributed by atoms with E-state index in [1.165, 1.54) is 11.3 Å². The van der Waals surface area contributed by atoms with Gasteiger partial charge in [0.2, 0.25) is 0 Å². The van der Waals surface area contributed by atoms with Crippen LogP contribution in [0, 0.1) is 0 Å². The molecular formula is C16H14F2N2O2S. The Balaban J connectivity index is 1.84. The highest BCUT2D eigenvalue weighted by Crippen LogP contribution is 2.28. The molecule has 0 saturated carbocycles. The minimum atomic E-state index is -2.75. The number of alkyl halides is 2. The minimum Gasteiger partial charge on any atom is -0.454 e.